The molecule has 0 radical (unpaired) electrons. The largest absolute Gasteiger partial charge is 0.338 e. The molecule has 1 aromatic carbocycles. The predicted octanol–water partition coefficient (Wildman–Crippen LogP) is 3.71. The number of amides is 1. The van der Waals surface area contributed by atoms with Crippen LogP contribution in [0.1, 0.15) is 30.6 Å². The highest BCUT2D eigenvalue weighted by molar-refractivity contribution is 9.10. The van der Waals surface area contributed by atoms with Crippen molar-refractivity contribution in [3.05, 3.63) is 34.1 Å². The number of likely N-dealkylation sites (tertiary alicyclic amines) is 1. The highest BCUT2D eigenvalue weighted by atomic mass is 79.9. The van der Waals surface area contributed by atoms with E-state index in [0.29, 0.717) is 21.9 Å². The minimum atomic E-state index is -0.341. The van der Waals surface area contributed by atoms with E-state index in [1.54, 1.807) is 12.1 Å². The second kappa shape index (κ2) is 5.39. The third-order valence-electron chi connectivity index (χ3n) is 3.79. The number of carbonyl (C=O) groups excluding carboxylic acids is 1. The molecule has 0 aromatic heterocycles. The van der Waals surface area contributed by atoms with Gasteiger partial charge in [-0.05, 0) is 52.4 Å². The Labute approximate surface area is 115 Å². The van der Waals surface area contributed by atoms with Crippen molar-refractivity contribution in [2.45, 2.75) is 20.3 Å². The average molecular weight is 314 g/mol. The van der Waals surface area contributed by atoms with Crippen LogP contribution in [0.15, 0.2) is 22.7 Å². The Morgan fingerprint density at radius 3 is 2.72 bits per heavy atom. The van der Waals surface area contributed by atoms with Crippen LogP contribution in [0.3, 0.4) is 0 Å². The van der Waals surface area contributed by atoms with E-state index in [-0.39, 0.29) is 11.7 Å². The molecule has 1 saturated heterocycles. The van der Waals surface area contributed by atoms with Gasteiger partial charge in [-0.2, -0.15) is 0 Å². The summed E-state index contributed by atoms with van der Waals surface area (Å²) in [6.07, 6.45) is 1.04. The average Bonchev–Trinajstić information content (AvgIpc) is 2.35. The summed E-state index contributed by atoms with van der Waals surface area (Å²) in [4.78, 5) is 14.2. The van der Waals surface area contributed by atoms with Gasteiger partial charge in [0.05, 0.1) is 4.47 Å². The summed E-state index contributed by atoms with van der Waals surface area (Å²) in [5.41, 5.74) is 0.546. The molecule has 0 N–H and O–H groups in total. The van der Waals surface area contributed by atoms with E-state index in [9.17, 15) is 9.18 Å². The molecular formula is C14H17BrFNO. The molecule has 2 atom stereocenters. The van der Waals surface area contributed by atoms with Gasteiger partial charge in [-0.1, -0.05) is 13.8 Å². The van der Waals surface area contributed by atoms with Crippen molar-refractivity contribution in [2.75, 3.05) is 13.1 Å². The maximum absolute atomic E-state index is 13.1. The first kappa shape index (κ1) is 13.5. The smallest absolute Gasteiger partial charge is 0.253 e. The van der Waals surface area contributed by atoms with Crippen molar-refractivity contribution in [1.82, 2.24) is 4.90 Å². The molecule has 2 rings (SSSR count). The van der Waals surface area contributed by atoms with Crippen LogP contribution in [0.2, 0.25) is 0 Å². The number of piperidine rings is 1. The summed E-state index contributed by atoms with van der Waals surface area (Å²) < 4.78 is 13.5. The third-order valence-corrected chi connectivity index (χ3v) is 4.40. The normalized spacial score (nSPS) is 24.1. The van der Waals surface area contributed by atoms with Crippen LogP contribution in [0.5, 0.6) is 0 Å². The summed E-state index contributed by atoms with van der Waals surface area (Å²) in [5, 5.41) is 0. The number of hydrogen-bond donors (Lipinski definition) is 0. The summed E-state index contributed by atoms with van der Waals surface area (Å²) in [5.74, 6) is 0.835. The van der Waals surface area contributed by atoms with E-state index < -0.39 is 0 Å². The zero-order valence-electron chi connectivity index (χ0n) is 10.6. The molecular weight excluding hydrogens is 297 g/mol. The van der Waals surface area contributed by atoms with Crippen LogP contribution in [0.25, 0.3) is 0 Å². The molecule has 1 heterocycles. The maximum atomic E-state index is 13.1. The first-order valence-corrected chi connectivity index (χ1v) is 7.02. The van der Waals surface area contributed by atoms with Gasteiger partial charge >= 0.3 is 0 Å². The number of benzene rings is 1. The second-order valence-corrected chi connectivity index (χ2v) is 5.98. The third kappa shape index (κ3) is 2.74. The fraction of sp³-hybridized carbons (Fsp3) is 0.500. The van der Waals surface area contributed by atoms with Crippen molar-refractivity contribution in [2.24, 2.45) is 11.8 Å². The Balaban J connectivity index is 2.14. The standard InChI is InChI=1S/C14H17BrFNO/c1-9-5-6-17(8-10(9)2)14(18)11-3-4-13(16)12(15)7-11/h3-4,7,9-10H,5-6,8H2,1-2H3. The van der Waals surface area contributed by atoms with Crippen molar-refractivity contribution < 1.29 is 9.18 Å². The van der Waals surface area contributed by atoms with Gasteiger partial charge in [-0.3, -0.25) is 4.79 Å². The minimum absolute atomic E-state index is 0.00514. The molecule has 0 saturated carbocycles. The molecule has 18 heavy (non-hydrogen) atoms. The van der Waals surface area contributed by atoms with Gasteiger partial charge in [0.15, 0.2) is 0 Å². The number of carbonyl (C=O) groups is 1. The number of halogens is 2. The first-order valence-electron chi connectivity index (χ1n) is 6.23. The van der Waals surface area contributed by atoms with Crippen LogP contribution in [-0.2, 0) is 0 Å². The molecule has 4 heteroatoms. The molecule has 1 amide bonds. The van der Waals surface area contributed by atoms with Gasteiger partial charge in [-0.15, -0.1) is 0 Å². The lowest BCUT2D eigenvalue weighted by molar-refractivity contribution is 0.0627. The zero-order chi connectivity index (χ0) is 13.3. The molecule has 1 aliphatic rings. The monoisotopic (exact) mass is 313 g/mol. The van der Waals surface area contributed by atoms with Crippen molar-refractivity contribution >= 4 is 21.8 Å². The Bertz CT molecular complexity index is 463. The lowest BCUT2D eigenvalue weighted by Crippen LogP contribution is -2.42. The molecule has 1 aromatic rings. The fourth-order valence-corrected chi connectivity index (χ4v) is 2.64. The number of nitrogens with zero attached hydrogens (tertiary/aromatic N) is 1. The maximum Gasteiger partial charge on any atom is 0.253 e. The minimum Gasteiger partial charge on any atom is -0.338 e. The van der Waals surface area contributed by atoms with E-state index in [1.165, 1.54) is 6.07 Å². The van der Waals surface area contributed by atoms with Gasteiger partial charge in [0.1, 0.15) is 5.82 Å². The quantitative estimate of drug-likeness (QED) is 0.774. The molecule has 1 aliphatic heterocycles. The second-order valence-electron chi connectivity index (χ2n) is 5.12. The molecule has 1 fully saturated rings. The Hall–Kier alpha value is -0.900. The van der Waals surface area contributed by atoms with Gasteiger partial charge in [0.2, 0.25) is 0 Å². The highest BCUT2D eigenvalue weighted by Gasteiger charge is 2.26. The van der Waals surface area contributed by atoms with Crippen LogP contribution >= 0.6 is 15.9 Å². The molecule has 0 bridgehead atoms. The molecule has 0 spiro atoms. The summed E-state index contributed by atoms with van der Waals surface area (Å²) in [6.45, 7) is 5.97. The Morgan fingerprint density at radius 1 is 1.39 bits per heavy atom. The molecule has 2 nitrogen and oxygen atoms in total. The Morgan fingerprint density at radius 2 is 2.11 bits per heavy atom. The lowest BCUT2D eigenvalue weighted by atomic mass is 9.88. The topological polar surface area (TPSA) is 20.3 Å². The first-order chi connectivity index (χ1) is 8.49. The van der Waals surface area contributed by atoms with E-state index in [4.69, 9.17) is 0 Å². The fourth-order valence-electron chi connectivity index (χ4n) is 2.26. The summed E-state index contributed by atoms with van der Waals surface area (Å²) >= 11 is 3.11. The molecule has 0 aliphatic carbocycles. The van der Waals surface area contributed by atoms with Gasteiger partial charge in [0, 0.05) is 18.7 Å². The van der Waals surface area contributed by atoms with E-state index in [0.717, 1.165) is 19.5 Å². The number of rotatable bonds is 1. The van der Waals surface area contributed by atoms with Crippen LogP contribution in [-0.4, -0.2) is 23.9 Å². The summed E-state index contributed by atoms with van der Waals surface area (Å²) in [7, 11) is 0. The Kier molecular flexibility index (Phi) is 4.05. The molecule has 2 unspecified atom stereocenters. The van der Waals surface area contributed by atoms with Crippen LogP contribution in [0.4, 0.5) is 4.39 Å². The SMILES string of the molecule is CC1CCN(C(=O)c2ccc(F)c(Br)c2)CC1C. The van der Waals surface area contributed by atoms with E-state index >= 15 is 0 Å². The number of hydrogen-bond acceptors (Lipinski definition) is 1. The van der Waals surface area contributed by atoms with Gasteiger partial charge in [-0.25, -0.2) is 4.39 Å². The van der Waals surface area contributed by atoms with Crippen molar-refractivity contribution in [1.29, 1.82) is 0 Å². The van der Waals surface area contributed by atoms with Crippen molar-refractivity contribution in [3.63, 3.8) is 0 Å². The zero-order valence-corrected chi connectivity index (χ0v) is 12.2. The van der Waals surface area contributed by atoms with Gasteiger partial charge < -0.3 is 4.90 Å². The van der Waals surface area contributed by atoms with Crippen LogP contribution < -0.4 is 0 Å². The van der Waals surface area contributed by atoms with Crippen LogP contribution in [0, 0.1) is 17.7 Å². The lowest BCUT2D eigenvalue weighted by Gasteiger charge is -2.35. The van der Waals surface area contributed by atoms with E-state index in [2.05, 4.69) is 29.8 Å². The molecule has 98 valence electrons. The van der Waals surface area contributed by atoms with Gasteiger partial charge in [0.25, 0.3) is 5.91 Å². The highest BCUT2D eigenvalue weighted by Crippen LogP contribution is 2.24. The van der Waals surface area contributed by atoms with Crippen molar-refractivity contribution in [3.8, 4) is 0 Å². The van der Waals surface area contributed by atoms with E-state index in [1.807, 2.05) is 4.90 Å². The summed E-state index contributed by atoms with van der Waals surface area (Å²) in [6, 6.07) is 4.43. The predicted molar refractivity (Wildman–Crippen MR) is 72.9 cm³/mol.